The molecule has 0 saturated carbocycles. The maximum absolute atomic E-state index is 13.3. The minimum atomic E-state index is -0.321. The van der Waals surface area contributed by atoms with Crippen molar-refractivity contribution in [2.24, 2.45) is 5.73 Å². The van der Waals surface area contributed by atoms with Gasteiger partial charge >= 0.3 is 0 Å². The summed E-state index contributed by atoms with van der Waals surface area (Å²) in [6, 6.07) is 12.0. The van der Waals surface area contributed by atoms with E-state index in [9.17, 15) is 4.39 Å². The van der Waals surface area contributed by atoms with E-state index in [-0.39, 0.29) is 11.9 Å². The highest BCUT2D eigenvalue weighted by atomic mass is 19.1. The summed E-state index contributed by atoms with van der Waals surface area (Å²) in [4.78, 5) is 0. The summed E-state index contributed by atoms with van der Waals surface area (Å²) in [5.74, 6) is 1.02. The molecule has 2 aromatic rings. The summed E-state index contributed by atoms with van der Waals surface area (Å²) >= 11 is 0. The third kappa shape index (κ3) is 4.20. The highest BCUT2D eigenvalue weighted by Gasteiger charge is 2.09. The number of benzene rings is 2. The first-order chi connectivity index (χ1) is 10.1. The van der Waals surface area contributed by atoms with Crippen LogP contribution in [0.2, 0.25) is 0 Å². The summed E-state index contributed by atoms with van der Waals surface area (Å²) in [5.41, 5.74) is 7.81. The Labute approximate surface area is 124 Å². The molecule has 0 radical (unpaired) electrons. The fraction of sp³-hybridized carbons (Fsp3) is 0.294. The first kappa shape index (κ1) is 15.3. The van der Waals surface area contributed by atoms with Crippen LogP contribution < -0.4 is 15.2 Å². The Balaban J connectivity index is 1.97. The molecule has 0 aliphatic rings. The van der Waals surface area contributed by atoms with Crippen molar-refractivity contribution in [3.63, 3.8) is 0 Å². The van der Waals surface area contributed by atoms with Gasteiger partial charge in [-0.1, -0.05) is 18.2 Å². The lowest BCUT2D eigenvalue weighted by Gasteiger charge is -2.14. The number of hydrogen-bond donors (Lipinski definition) is 1. The first-order valence-electron chi connectivity index (χ1n) is 6.91. The van der Waals surface area contributed by atoms with Crippen molar-refractivity contribution in [2.75, 3.05) is 13.7 Å². The van der Waals surface area contributed by atoms with Crippen LogP contribution in [0.25, 0.3) is 0 Å². The average Bonchev–Trinajstić information content (AvgIpc) is 2.48. The Morgan fingerprint density at radius 1 is 1.14 bits per heavy atom. The van der Waals surface area contributed by atoms with Crippen LogP contribution in [-0.2, 0) is 6.42 Å². The van der Waals surface area contributed by atoms with Crippen molar-refractivity contribution in [1.29, 1.82) is 0 Å². The molecule has 0 aliphatic carbocycles. The van der Waals surface area contributed by atoms with E-state index in [1.54, 1.807) is 13.2 Å². The third-order valence-electron chi connectivity index (χ3n) is 3.27. The van der Waals surface area contributed by atoms with E-state index in [1.807, 2.05) is 31.2 Å². The zero-order valence-corrected chi connectivity index (χ0v) is 12.3. The standard InChI is InChI=1S/C17H20FNO2/c1-12(19)16-8-5-14(18)11-17(16)21-10-9-13-3-6-15(20-2)7-4-13/h3-8,11-12H,9-10,19H2,1-2H3/t12-/m1/s1. The predicted octanol–water partition coefficient (Wildman–Crippen LogP) is 3.48. The monoisotopic (exact) mass is 289 g/mol. The van der Waals surface area contributed by atoms with Crippen LogP contribution in [-0.4, -0.2) is 13.7 Å². The van der Waals surface area contributed by atoms with Gasteiger partial charge in [-0.3, -0.25) is 0 Å². The van der Waals surface area contributed by atoms with Gasteiger partial charge in [0.2, 0.25) is 0 Å². The van der Waals surface area contributed by atoms with Gasteiger partial charge in [0.15, 0.2) is 0 Å². The lowest BCUT2D eigenvalue weighted by atomic mass is 10.1. The van der Waals surface area contributed by atoms with Crippen LogP contribution in [0.15, 0.2) is 42.5 Å². The van der Waals surface area contributed by atoms with Crippen LogP contribution >= 0.6 is 0 Å². The Kier molecular flexibility index (Phi) is 5.17. The molecular formula is C17H20FNO2. The van der Waals surface area contributed by atoms with Gasteiger partial charge in [0.1, 0.15) is 17.3 Å². The summed E-state index contributed by atoms with van der Waals surface area (Å²) < 4.78 is 24.1. The zero-order chi connectivity index (χ0) is 15.2. The van der Waals surface area contributed by atoms with E-state index in [1.165, 1.54) is 12.1 Å². The maximum Gasteiger partial charge on any atom is 0.126 e. The SMILES string of the molecule is COc1ccc(CCOc2cc(F)ccc2[C@@H](C)N)cc1. The minimum absolute atomic E-state index is 0.193. The zero-order valence-electron chi connectivity index (χ0n) is 12.3. The van der Waals surface area contributed by atoms with E-state index in [0.717, 1.165) is 23.3 Å². The van der Waals surface area contributed by atoms with E-state index in [2.05, 4.69) is 0 Å². The highest BCUT2D eigenvalue weighted by Crippen LogP contribution is 2.25. The van der Waals surface area contributed by atoms with Gasteiger partial charge in [-0.25, -0.2) is 4.39 Å². The number of hydrogen-bond acceptors (Lipinski definition) is 3. The number of halogens is 1. The summed E-state index contributed by atoms with van der Waals surface area (Å²) in [5, 5.41) is 0. The number of ether oxygens (including phenoxy) is 2. The van der Waals surface area contributed by atoms with Crippen molar-refractivity contribution >= 4 is 0 Å². The molecular weight excluding hydrogens is 269 g/mol. The largest absolute Gasteiger partial charge is 0.497 e. The third-order valence-corrected chi connectivity index (χ3v) is 3.27. The lowest BCUT2D eigenvalue weighted by Crippen LogP contribution is -2.10. The van der Waals surface area contributed by atoms with E-state index in [0.29, 0.717) is 12.4 Å². The smallest absolute Gasteiger partial charge is 0.126 e. The number of methoxy groups -OCH3 is 1. The van der Waals surface area contributed by atoms with Crippen molar-refractivity contribution in [3.8, 4) is 11.5 Å². The van der Waals surface area contributed by atoms with E-state index >= 15 is 0 Å². The molecule has 2 rings (SSSR count). The van der Waals surface area contributed by atoms with Crippen molar-refractivity contribution in [3.05, 3.63) is 59.4 Å². The van der Waals surface area contributed by atoms with Gasteiger partial charge < -0.3 is 15.2 Å². The molecule has 0 bridgehead atoms. The van der Waals surface area contributed by atoms with E-state index < -0.39 is 0 Å². The average molecular weight is 289 g/mol. The van der Waals surface area contributed by atoms with Crippen molar-refractivity contribution in [1.82, 2.24) is 0 Å². The fourth-order valence-electron chi connectivity index (χ4n) is 2.08. The van der Waals surface area contributed by atoms with Gasteiger partial charge in [-0.2, -0.15) is 0 Å². The maximum atomic E-state index is 13.3. The Morgan fingerprint density at radius 2 is 1.86 bits per heavy atom. The molecule has 4 heteroatoms. The molecule has 0 amide bonds. The first-order valence-corrected chi connectivity index (χ1v) is 6.91. The Hall–Kier alpha value is -2.07. The Bertz CT molecular complexity index is 582. The molecule has 2 aromatic carbocycles. The molecule has 2 N–H and O–H groups in total. The molecule has 0 unspecified atom stereocenters. The molecule has 0 fully saturated rings. The number of nitrogens with two attached hydrogens (primary N) is 1. The molecule has 21 heavy (non-hydrogen) atoms. The highest BCUT2D eigenvalue weighted by molar-refractivity contribution is 5.36. The molecule has 0 saturated heterocycles. The summed E-state index contributed by atoms with van der Waals surface area (Å²) in [7, 11) is 1.64. The fourth-order valence-corrected chi connectivity index (χ4v) is 2.08. The van der Waals surface area contributed by atoms with Crippen LogP contribution in [0.1, 0.15) is 24.1 Å². The number of rotatable bonds is 6. The lowest BCUT2D eigenvalue weighted by molar-refractivity contribution is 0.315. The molecule has 0 spiro atoms. The van der Waals surface area contributed by atoms with E-state index in [4.69, 9.17) is 15.2 Å². The molecule has 0 aromatic heterocycles. The second-order valence-corrected chi connectivity index (χ2v) is 4.92. The van der Waals surface area contributed by atoms with Gasteiger partial charge in [0.25, 0.3) is 0 Å². The molecule has 0 heterocycles. The van der Waals surface area contributed by atoms with Crippen LogP contribution in [0, 0.1) is 5.82 Å². The summed E-state index contributed by atoms with van der Waals surface area (Å²) in [6.45, 7) is 2.32. The molecule has 112 valence electrons. The van der Waals surface area contributed by atoms with Gasteiger partial charge in [-0.05, 0) is 30.7 Å². The molecule has 3 nitrogen and oxygen atoms in total. The predicted molar refractivity (Wildman–Crippen MR) is 81.2 cm³/mol. The van der Waals surface area contributed by atoms with Gasteiger partial charge in [0, 0.05) is 24.1 Å². The molecule has 0 aliphatic heterocycles. The quantitative estimate of drug-likeness (QED) is 0.885. The summed E-state index contributed by atoms with van der Waals surface area (Å²) in [6.07, 6.45) is 0.735. The van der Waals surface area contributed by atoms with Crippen LogP contribution in [0.4, 0.5) is 4.39 Å². The minimum Gasteiger partial charge on any atom is -0.497 e. The normalized spacial score (nSPS) is 12.0. The van der Waals surface area contributed by atoms with Crippen molar-refractivity contribution < 1.29 is 13.9 Å². The van der Waals surface area contributed by atoms with Crippen LogP contribution in [0.3, 0.4) is 0 Å². The van der Waals surface area contributed by atoms with Gasteiger partial charge in [-0.15, -0.1) is 0 Å². The Morgan fingerprint density at radius 3 is 2.48 bits per heavy atom. The topological polar surface area (TPSA) is 44.5 Å². The second-order valence-electron chi connectivity index (χ2n) is 4.92. The second kappa shape index (κ2) is 7.09. The van der Waals surface area contributed by atoms with Crippen LogP contribution in [0.5, 0.6) is 11.5 Å². The van der Waals surface area contributed by atoms with Crippen molar-refractivity contribution in [2.45, 2.75) is 19.4 Å². The van der Waals surface area contributed by atoms with Gasteiger partial charge in [0.05, 0.1) is 13.7 Å². The molecule has 1 atom stereocenters.